The number of aromatic nitrogens is 8. The Bertz CT molecular complexity index is 4440. The van der Waals surface area contributed by atoms with Gasteiger partial charge in [0.25, 0.3) is 29.3 Å². The average molecular weight is 1420 g/mol. The van der Waals surface area contributed by atoms with Gasteiger partial charge in [-0.2, -0.15) is 0 Å². The number of fused-ring (bicyclic) bond motifs is 4. The first-order valence-electron chi connectivity index (χ1n) is 34.1. The fourth-order valence-electron chi connectivity index (χ4n) is 13.5. The van der Waals surface area contributed by atoms with Gasteiger partial charge < -0.3 is 74.0 Å². The van der Waals surface area contributed by atoms with Gasteiger partial charge >= 0.3 is 0 Å². The molecule has 4 saturated heterocycles. The Morgan fingerprint density at radius 1 is 0.398 bits per heavy atom. The molecule has 4 aromatic heterocycles. The van der Waals surface area contributed by atoms with Crippen molar-refractivity contribution in [2.24, 2.45) is 0 Å². The molecule has 0 unspecified atom stereocenters. The second-order valence-corrected chi connectivity index (χ2v) is 25.7. The van der Waals surface area contributed by atoms with E-state index in [1.54, 1.807) is 48.5 Å². The van der Waals surface area contributed by atoms with E-state index in [-0.39, 0.29) is 57.2 Å². The van der Waals surface area contributed by atoms with Gasteiger partial charge in [0.2, 0.25) is 0 Å². The van der Waals surface area contributed by atoms with E-state index in [0.717, 1.165) is 112 Å². The van der Waals surface area contributed by atoms with Crippen molar-refractivity contribution < 1.29 is 44.5 Å². The maximum Gasteiger partial charge on any atom is 0.281 e. The molecule has 25 heteroatoms. The molecule has 4 fully saturated rings. The number of H-pyrrole nitrogens is 4. The van der Waals surface area contributed by atoms with E-state index in [1.807, 2.05) is 54.6 Å². The van der Waals surface area contributed by atoms with Gasteiger partial charge in [0.1, 0.15) is 23.3 Å². The summed E-state index contributed by atoms with van der Waals surface area (Å²) in [6.45, 7) is 14.6. The smallest absolute Gasteiger partial charge is 0.281 e. The van der Waals surface area contributed by atoms with Crippen molar-refractivity contribution in [3.63, 3.8) is 0 Å². The third-order valence-electron chi connectivity index (χ3n) is 18.9. The average Bonchev–Trinajstić information content (AvgIpc) is 1.65. The zero-order valence-electron chi connectivity index (χ0n) is 55.6. The van der Waals surface area contributed by atoms with Crippen LogP contribution in [0.1, 0.15) is 118 Å². The van der Waals surface area contributed by atoms with E-state index < -0.39 is 4.92 Å². The molecule has 0 radical (unpaired) electrons. The monoisotopic (exact) mass is 1420 g/mol. The summed E-state index contributed by atoms with van der Waals surface area (Å²) >= 11 is 0. The quantitative estimate of drug-likeness (QED) is 0.0106. The first-order valence-corrected chi connectivity index (χ1v) is 34.1. The van der Waals surface area contributed by atoms with Crippen LogP contribution in [0.15, 0.2) is 109 Å². The van der Waals surface area contributed by atoms with Crippen molar-refractivity contribution in [2.75, 3.05) is 110 Å². The molecule has 24 nitrogen and oxygen atoms in total. The van der Waals surface area contributed by atoms with Crippen LogP contribution in [0.3, 0.4) is 0 Å². The van der Waals surface area contributed by atoms with Crippen LogP contribution in [0.5, 0.6) is 0 Å². The maximum absolute atomic E-state index is 12.9. The molecule has 0 saturated carbocycles. The van der Waals surface area contributed by atoms with Crippen LogP contribution in [0, 0.1) is 17.5 Å². The Balaban J connectivity index is 0.000000195. The number of aromatic amines is 4. The molecule has 0 bridgehead atoms. The van der Waals surface area contributed by atoms with Gasteiger partial charge in [-0.15, -0.1) is 0 Å². The van der Waals surface area contributed by atoms with Crippen molar-refractivity contribution in [3.8, 4) is 45.6 Å². The number of nitro groups is 1. The predicted octanol–water partition coefficient (Wildman–Crippen LogP) is 10.3. The standard InChI is InChI=1S/C36H41N9O4.C36H43N9O2.CH3.Pd/c46-35(37-13-19-43-15-3-1-4-16-43)25-8-11-28-30(21-25)41-33(39-28)24-7-10-27(32(23-24)45(48)49)34-40-29-12-9-26(22-31(29)42-34)36(47)38-14-20-44-17-5-2-6-18-44;37-28-21-24(33-40-29-11-8-25(22-31(29)42-33)35(46)38-13-19-44-15-3-1-4-16-44)7-10-27(28)34-41-30-12-9-26(23-32(30)43-34)36(47)39-14-20-45-17-5-2-6-18-45;;/h7-12,21-23H,1-6,13-20H2,(H,37,46)(H,38,47)(H,39,41)(H,40,42);7-12,21-23H,1-6,13-20,37H2,(H,38,46)(H,39,47)(H,40,42)(H,41,43);1H3;/q;;-1;. The van der Waals surface area contributed by atoms with E-state index in [9.17, 15) is 29.3 Å². The number of nitrogen functional groups attached to an aromatic ring is 1. The Hall–Kier alpha value is -9.22. The third kappa shape index (κ3) is 17.2. The van der Waals surface area contributed by atoms with Crippen molar-refractivity contribution >= 4 is 79.1 Å². The molecule has 10 N–H and O–H groups in total. The van der Waals surface area contributed by atoms with Gasteiger partial charge in [-0.1, -0.05) is 37.8 Å². The molecule has 8 heterocycles. The first-order chi connectivity index (χ1) is 46.9. The number of likely N-dealkylation sites (tertiary alicyclic amines) is 4. The van der Waals surface area contributed by atoms with E-state index in [4.69, 9.17) is 15.7 Å². The molecule has 6 aromatic carbocycles. The fraction of sp³-hybridized carbons (Fsp3) is 0.384. The number of imidazole rings is 4. The molecule has 0 aliphatic carbocycles. The molecular formula is C73H87N18O6Pd-. The number of nitrogens with zero attached hydrogens (tertiary/aromatic N) is 9. The van der Waals surface area contributed by atoms with Crippen molar-refractivity contribution in [3.05, 3.63) is 149 Å². The van der Waals surface area contributed by atoms with E-state index in [0.29, 0.717) is 111 Å². The molecule has 0 atom stereocenters. The number of piperidine rings is 4. The predicted molar refractivity (Wildman–Crippen MR) is 381 cm³/mol. The second-order valence-electron chi connectivity index (χ2n) is 25.7. The minimum atomic E-state index is -0.442. The molecular weight excluding hydrogens is 1330 g/mol. The number of anilines is 1. The van der Waals surface area contributed by atoms with Crippen LogP contribution in [0.2, 0.25) is 0 Å². The molecule has 98 heavy (non-hydrogen) atoms. The normalized spacial score (nSPS) is 15.6. The summed E-state index contributed by atoms with van der Waals surface area (Å²) < 4.78 is 0. The van der Waals surface area contributed by atoms with Crippen LogP contribution in [0.25, 0.3) is 89.7 Å². The van der Waals surface area contributed by atoms with Crippen LogP contribution in [-0.2, 0) is 20.4 Å². The third-order valence-corrected chi connectivity index (χ3v) is 18.9. The zero-order valence-corrected chi connectivity index (χ0v) is 57.1. The second kappa shape index (κ2) is 32.9. The van der Waals surface area contributed by atoms with Gasteiger partial charge in [-0.25, -0.2) is 19.9 Å². The molecule has 4 aliphatic heterocycles. The Labute approximate surface area is 583 Å². The van der Waals surface area contributed by atoms with Crippen LogP contribution in [-0.4, -0.2) is 193 Å². The van der Waals surface area contributed by atoms with Crippen LogP contribution < -0.4 is 27.0 Å². The van der Waals surface area contributed by atoms with E-state index >= 15 is 0 Å². The summed E-state index contributed by atoms with van der Waals surface area (Å²) in [7, 11) is 0. The van der Waals surface area contributed by atoms with Crippen molar-refractivity contribution in [1.29, 1.82) is 0 Å². The van der Waals surface area contributed by atoms with Crippen LogP contribution in [0.4, 0.5) is 11.4 Å². The Morgan fingerprint density at radius 3 is 1.00 bits per heavy atom. The van der Waals surface area contributed by atoms with Gasteiger partial charge in [-0.3, -0.25) is 29.3 Å². The number of hydrogen-bond donors (Lipinski definition) is 9. The number of nitrogens with one attached hydrogen (secondary N) is 8. The van der Waals surface area contributed by atoms with Gasteiger partial charge in [0.05, 0.1) is 54.6 Å². The summed E-state index contributed by atoms with van der Waals surface area (Å²) in [6.07, 6.45) is 14.9. The summed E-state index contributed by atoms with van der Waals surface area (Å²) in [4.78, 5) is 105. The molecule has 4 amide bonds. The number of benzene rings is 6. The number of carbonyl (C=O) groups excluding carboxylic acids is 4. The Kier molecular flexibility index (Phi) is 23.5. The summed E-state index contributed by atoms with van der Waals surface area (Å²) in [6, 6.07) is 32.1. The van der Waals surface area contributed by atoms with Crippen molar-refractivity contribution in [2.45, 2.75) is 77.0 Å². The van der Waals surface area contributed by atoms with Gasteiger partial charge in [0, 0.05) is 123 Å². The number of nitro benzene ring substituents is 1. The summed E-state index contributed by atoms with van der Waals surface area (Å²) in [5.41, 5.74) is 17.2. The largest absolute Gasteiger partial charge is 0.398 e. The Morgan fingerprint density at radius 2 is 0.684 bits per heavy atom. The minimum Gasteiger partial charge on any atom is -0.398 e. The zero-order chi connectivity index (χ0) is 65.9. The molecule has 14 rings (SSSR count). The number of nitrogens with two attached hydrogens (primary N) is 1. The molecule has 10 aromatic rings. The van der Waals surface area contributed by atoms with Crippen LogP contribution >= 0.6 is 0 Å². The SMILES string of the molecule is Nc1cc(-c2nc3ccc(C(=O)NCCN4CCCCC4)cc3[nH]2)ccc1-c1nc2ccc(C(=O)NCCN3CCCCC3)cc2[nH]1.O=C(NCCN1CCCCC1)c1ccc2nc(-c3ccc(-c4nc5ccc(C(=O)NCCN6CCCCC6)cc5[nH]4)c([N+](=O)[O-])c3)[nH]c2c1.[CH3-].[Pd]. The molecule has 4 aliphatic rings. The molecule has 0 spiro atoms. The number of hydrogen-bond acceptors (Lipinski definition) is 15. The maximum atomic E-state index is 12.9. The van der Waals surface area contributed by atoms with Gasteiger partial charge in [0.15, 0.2) is 0 Å². The number of rotatable bonds is 21. The topological polar surface area (TPSA) is 313 Å². The number of carbonyl (C=O) groups is 4. The van der Waals surface area contributed by atoms with E-state index in [2.05, 4.69) is 70.8 Å². The van der Waals surface area contributed by atoms with Gasteiger partial charge in [-0.05, 0) is 195 Å². The van der Waals surface area contributed by atoms with Crippen molar-refractivity contribution in [1.82, 2.24) is 80.7 Å². The van der Waals surface area contributed by atoms with E-state index in [1.165, 1.54) is 83.1 Å². The molecule has 516 valence electrons. The number of amides is 4. The minimum absolute atomic E-state index is 0. The fourth-order valence-corrected chi connectivity index (χ4v) is 13.5. The summed E-state index contributed by atoms with van der Waals surface area (Å²) in [5.74, 6) is 1.59. The first kappa shape index (κ1) is 70.1. The summed E-state index contributed by atoms with van der Waals surface area (Å²) in [5, 5.41) is 24.4.